The molecule has 1 aliphatic rings. The number of non-ortho nitro benzene ring substituents is 1. The van der Waals surface area contributed by atoms with Gasteiger partial charge in [0.2, 0.25) is 11.8 Å². The average Bonchev–Trinajstić information content (AvgIpc) is 3.47. The molecular weight excluding hydrogens is 558 g/mol. The SMILES string of the molecule is C.C.CN1C(=O)CCC1=O.Cc1c(F)c(F)c(C)c(F)c1F.Cc1ccc([N+](=O)[O-])cc1.Cn1nnc2ccccc21. The van der Waals surface area contributed by atoms with Gasteiger partial charge in [0.25, 0.3) is 5.69 Å². The van der Waals surface area contributed by atoms with Gasteiger partial charge in [0, 0.05) is 50.2 Å². The van der Waals surface area contributed by atoms with Crippen LogP contribution in [0.25, 0.3) is 11.0 Å². The van der Waals surface area contributed by atoms with Gasteiger partial charge < -0.3 is 0 Å². The maximum atomic E-state index is 12.7. The number of benzene rings is 3. The molecule has 0 saturated carbocycles. The summed E-state index contributed by atoms with van der Waals surface area (Å²) in [5, 5.41) is 17.9. The van der Waals surface area contributed by atoms with Gasteiger partial charge in [-0.3, -0.25) is 24.6 Å². The lowest BCUT2D eigenvalue weighted by Crippen LogP contribution is -2.23. The van der Waals surface area contributed by atoms with E-state index in [0.717, 1.165) is 30.4 Å². The number of para-hydroxylation sites is 1. The number of aryl methyl sites for hydroxylation is 2. The summed E-state index contributed by atoms with van der Waals surface area (Å²) in [6, 6.07) is 14.3. The van der Waals surface area contributed by atoms with E-state index in [1.165, 1.54) is 24.1 Å². The number of amides is 2. The Morgan fingerprint density at radius 2 is 1.19 bits per heavy atom. The minimum absolute atomic E-state index is 0. The van der Waals surface area contributed by atoms with Crippen LogP contribution in [0.1, 0.15) is 44.4 Å². The second-order valence-corrected chi connectivity index (χ2v) is 8.65. The highest BCUT2D eigenvalue weighted by molar-refractivity contribution is 6.01. The number of nitrogens with zero attached hydrogens (tertiary/aromatic N) is 5. The molecule has 2 amide bonds. The van der Waals surface area contributed by atoms with Crippen molar-refractivity contribution >= 4 is 28.5 Å². The van der Waals surface area contributed by atoms with Gasteiger partial charge in [-0.25, -0.2) is 22.2 Å². The van der Waals surface area contributed by atoms with Crippen LogP contribution >= 0.6 is 0 Å². The molecular formula is C29H35F4N5O4. The fourth-order valence-corrected chi connectivity index (χ4v) is 3.19. The Bertz CT molecular complexity index is 1400. The van der Waals surface area contributed by atoms with Crippen molar-refractivity contribution < 1.29 is 32.1 Å². The van der Waals surface area contributed by atoms with Crippen LogP contribution in [0.3, 0.4) is 0 Å². The highest BCUT2D eigenvalue weighted by atomic mass is 19.2. The lowest BCUT2D eigenvalue weighted by atomic mass is 10.1. The van der Waals surface area contributed by atoms with Crippen molar-refractivity contribution in [2.45, 2.75) is 48.5 Å². The van der Waals surface area contributed by atoms with E-state index in [1.807, 2.05) is 38.2 Å². The molecule has 1 aromatic heterocycles. The Kier molecular flexibility index (Phi) is 14.7. The zero-order valence-corrected chi connectivity index (χ0v) is 22.4. The van der Waals surface area contributed by atoms with Crippen LogP contribution in [-0.4, -0.2) is 43.7 Å². The Labute approximate surface area is 241 Å². The Hall–Kier alpha value is -4.68. The Balaban J connectivity index is 0.000000530. The minimum Gasteiger partial charge on any atom is -0.286 e. The molecule has 5 rings (SSSR count). The van der Waals surface area contributed by atoms with Gasteiger partial charge in [-0.1, -0.05) is 49.9 Å². The van der Waals surface area contributed by atoms with E-state index in [9.17, 15) is 37.3 Å². The molecule has 1 aliphatic heterocycles. The predicted molar refractivity (Wildman–Crippen MR) is 153 cm³/mol. The molecule has 0 unspecified atom stereocenters. The molecule has 42 heavy (non-hydrogen) atoms. The highest BCUT2D eigenvalue weighted by Gasteiger charge is 2.24. The summed E-state index contributed by atoms with van der Waals surface area (Å²) >= 11 is 0. The number of rotatable bonds is 1. The fraction of sp³-hybridized carbons (Fsp3) is 0.310. The van der Waals surface area contributed by atoms with Gasteiger partial charge in [0.05, 0.1) is 10.4 Å². The third-order valence-electron chi connectivity index (χ3n) is 5.77. The number of likely N-dealkylation sites (tertiary alicyclic amines) is 1. The molecule has 0 N–H and O–H groups in total. The van der Waals surface area contributed by atoms with Gasteiger partial charge in [-0.2, -0.15) is 0 Å². The standard InChI is InChI=1S/C8H6F4.C7H7N3.C7H7NO2.C5H7NO2.2CH4/c1-3-5(9)7(11)4(2)8(12)6(3)10;1-10-7-5-3-2-4-6(7)8-9-10;1-6-2-4-7(5-3-6)8(9)10;1-6-4(7)2-3-5(6)8;;/h1-2H3;2*2-5H,1H3;2-3H2,1H3;2*1H4. The number of hydrogen-bond acceptors (Lipinski definition) is 6. The van der Waals surface area contributed by atoms with Gasteiger partial charge in [0.15, 0.2) is 23.3 Å². The molecule has 1 fully saturated rings. The number of imide groups is 1. The van der Waals surface area contributed by atoms with E-state index < -0.39 is 39.3 Å². The number of halogens is 4. The molecule has 228 valence electrons. The summed E-state index contributed by atoms with van der Waals surface area (Å²) in [6.45, 7) is 3.86. The molecule has 0 aliphatic carbocycles. The van der Waals surface area contributed by atoms with Crippen LogP contribution in [0, 0.1) is 54.2 Å². The third kappa shape index (κ3) is 9.46. The summed E-state index contributed by atoms with van der Waals surface area (Å²) < 4.78 is 52.4. The molecule has 13 heteroatoms. The normalized spacial score (nSPS) is 11.6. The fourth-order valence-electron chi connectivity index (χ4n) is 3.19. The topological polar surface area (TPSA) is 111 Å². The molecule has 0 bridgehead atoms. The zero-order valence-electron chi connectivity index (χ0n) is 22.4. The van der Waals surface area contributed by atoms with Gasteiger partial charge >= 0.3 is 0 Å². The maximum absolute atomic E-state index is 12.7. The van der Waals surface area contributed by atoms with E-state index in [1.54, 1.807) is 16.8 Å². The van der Waals surface area contributed by atoms with Crippen molar-refractivity contribution in [1.29, 1.82) is 0 Å². The van der Waals surface area contributed by atoms with Crippen molar-refractivity contribution in [3.05, 3.63) is 98.6 Å². The van der Waals surface area contributed by atoms with Gasteiger partial charge in [0.1, 0.15) is 5.52 Å². The number of fused-ring (bicyclic) bond motifs is 1. The second kappa shape index (κ2) is 16.6. The van der Waals surface area contributed by atoms with Gasteiger partial charge in [-0.15, -0.1) is 5.10 Å². The van der Waals surface area contributed by atoms with Crippen molar-refractivity contribution in [2.75, 3.05) is 7.05 Å². The number of carbonyl (C=O) groups is 2. The summed E-state index contributed by atoms with van der Waals surface area (Å²) in [4.78, 5) is 31.9. The van der Waals surface area contributed by atoms with Crippen LogP contribution in [0.2, 0.25) is 0 Å². The summed E-state index contributed by atoms with van der Waals surface area (Å²) in [5.41, 5.74) is 1.94. The molecule has 2 heterocycles. The average molecular weight is 594 g/mol. The lowest BCUT2D eigenvalue weighted by Gasteiger charge is -2.04. The largest absolute Gasteiger partial charge is 0.286 e. The molecule has 0 atom stereocenters. The summed E-state index contributed by atoms with van der Waals surface area (Å²) in [7, 11) is 3.40. The van der Waals surface area contributed by atoms with Crippen molar-refractivity contribution in [3.8, 4) is 0 Å². The smallest absolute Gasteiger partial charge is 0.269 e. The van der Waals surface area contributed by atoms with E-state index in [2.05, 4.69) is 10.3 Å². The minimum atomic E-state index is -1.33. The van der Waals surface area contributed by atoms with Crippen LogP contribution in [0.15, 0.2) is 48.5 Å². The Morgan fingerprint density at radius 3 is 1.55 bits per heavy atom. The highest BCUT2D eigenvalue weighted by Crippen LogP contribution is 2.22. The van der Waals surface area contributed by atoms with E-state index in [0.29, 0.717) is 12.8 Å². The number of carbonyl (C=O) groups excluding carboxylic acids is 2. The number of aromatic nitrogens is 3. The van der Waals surface area contributed by atoms with Gasteiger partial charge in [-0.05, 0) is 32.9 Å². The third-order valence-corrected chi connectivity index (χ3v) is 5.77. The lowest BCUT2D eigenvalue weighted by molar-refractivity contribution is -0.384. The predicted octanol–water partition coefficient (Wildman–Crippen LogP) is 6.77. The van der Waals surface area contributed by atoms with E-state index >= 15 is 0 Å². The quantitative estimate of drug-likeness (QED) is 0.0792. The summed E-state index contributed by atoms with van der Waals surface area (Å²) in [5.74, 6) is -5.43. The molecule has 1 saturated heterocycles. The van der Waals surface area contributed by atoms with Crippen LogP contribution in [0.4, 0.5) is 23.2 Å². The first kappa shape index (κ1) is 37.3. The first-order chi connectivity index (χ1) is 18.8. The maximum Gasteiger partial charge on any atom is 0.269 e. The van der Waals surface area contributed by atoms with Crippen molar-refractivity contribution in [3.63, 3.8) is 0 Å². The number of hydrogen-bond donors (Lipinski definition) is 0. The number of nitro benzene ring substituents is 1. The molecule has 3 aromatic carbocycles. The van der Waals surface area contributed by atoms with Crippen LogP contribution < -0.4 is 0 Å². The van der Waals surface area contributed by atoms with E-state index in [-0.39, 0.29) is 32.4 Å². The zero-order chi connectivity index (χ0) is 30.1. The van der Waals surface area contributed by atoms with Crippen LogP contribution in [-0.2, 0) is 16.6 Å². The summed E-state index contributed by atoms with van der Waals surface area (Å²) in [6.07, 6.45) is 0.796. The van der Waals surface area contributed by atoms with Crippen LogP contribution in [0.5, 0.6) is 0 Å². The first-order valence-corrected chi connectivity index (χ1v) is 11.8. The first-order valence-electron chi connectivity index (χ1n) is 11.8. The molecule has 9 nitrogen and oxygen atoms in total. The van der Waals surface area contributed by atoms with E-state index in [4.69, 9.17) is 0 Å². The Morgan fingerprint density at radius 1 is 0.762 bits per heavy atom. The molecule has 0 radical (unpaired) electrons. The monoisotopic (exact) mass is 593 g/mol. The van der Waals surface area contributed by atoms with Crippen molar-refractivity contribution in [1.82, 2.24) is 19.9 Å². The second-order valence-electron chi connectivity index (χ2n) is 8.65. The molecule has 0 spiro atoms. The number of nitro groups is 1. The molecule has 4 aromatic rings. The van der Waals surface area contributed by atoms with Crippen molar-refractivity contribution in [2.24, 2.45) is 7.05 Å².